The van der Waals surface area contributed by atoms with Crippen LogP contribution in [0.3, 0.4) is 0 Å². The highest BCUT2D eigenvalue weighted by Gasteiger charge is 1.94. The Kier molecular flexibility index (Phi) is 1.89. The summed E-state index contributed by atoms with van der Waals surface area (Å²) in [6.07, 6.45) is 2.64. The van der Waals surface area contributed by atoms with Gasteiger partial charge in [-0.2, -0.15) is 0 Å². The zero-order chi connectivity index (χ0) is 4.24. The van der Waals surface area contributed by atoms with E-state index in [2.05, 4.69) is 0 Å². The van der Waals surface area contributed by atoms with Crippen LogP contribution in [0, 0.1) is 6.35 Å². The molecule has 0 N–H and O–H groups in total. The van der Waals surface area contributed by atoms with E-state index in [1.165, 1.54) is 0 Å². The number of hydrogen-bond acceptors (Lipinski definition) is 2. The Morgan fingerprint density at radius 2 is 2.67 bits per heavy atom. The smallest absolute Gasteiger partial charge is 0.148 e. The first-order valence-electron chi connectivity index (χ1n) is 1.74. The van der Waals surface area contributed by atoms with Gasteiger partial charge in [0.25, 0.3) is 0 Å². The molecule has 1 saturated heterocycles. The van der Waals surface area contributed by atoms with Gasteiger partial charge in [-0.1, -0.05) is 8.58 Å². The molecule has 3 heteroatoms. The van der Waals surface area contributed by atoms with Crippen molar-refractivity contribution in [2.24, 2.45) is 0 Å². The van der Waals surface area contributed by atoms with Crippen molar-refractivity contribution < 1.29 is 9.47 Å². The third-order valence-electron chi connectivity index (χ3n) is 0.503. The maximum Gasteiger partial charge on any atom is 0.148 e. The molecular weight excluding hydrogens is 99.0 g/mol. The van der Waals surface area contributed by atoms with Gasteiger partial charge < -0.3 is 9.47 Å². The van der Waals surface area contributed by atoms with Gasteiger partial charge in [-0.25, -0.2) is 0 Å². The van der Waals surface area contributed by atoms with Crippen LogP contribution in [0.25, 0.3) is 0 Å². The van der Waals surface area contributed by atoms with Crippen molar-refractivity contribution in [3.63, 3.8) is 0 Å². The van der Waals surface area contributed by atoms with E-state index in [9.17, 15) is 0 Å². The first-order chi connectivity index (χ1) is 3.00. The summed E-state index contributed by atoms with van der Waals surface area (Å²) in [5.41, 5.74) is 0. The van der Waals surface area contributed by atoms with Crippen molar-refractivity contribution in [2.45, 2.75) is 0 Å². The van der Waals surface area contributed by atoms with Gasteiger partial charge in [0.15, 0.2) is 0 Å². The van der Waals surface area contributed by atoms with Gasteiger partial charge in [-0.05, 0) is 0 Å². The molecule has 35 valence electrons. The molecule has 2 nitrogen and oxygen atoms in total. The molecule has 0 aliphatic carbocycles. The summed E-state index contributed by atoms with van der Waals surface area (Å²) in [5.74, 6) is 0. The van der Waals surface area contributed by atoms with Gasteiger partial charge in [-0.15, -0.1) is 0 Å². The largest absolute Gasteiger partial charge is 0.351 e. The molecule has 1 aliphatic heterocycles. The maximum absolute atomic E-state index is 4.83. The molecule has 0 saturated carbocycles. The van der Waals surface area contributed by atoms with E-state index in [1.807, 2.05) is 0 Å². The average Bonchev–Trinajstić information content (AvgIpc) is 1.72. The van der Waals surface area contributed by atoms with E-state index in [0.717, 1.165) is 14.9 Å². The SMILES string of the molecule is [CH]1OCOCP1. The Bertz CT molecular complexity index is 24.3. The molecule has 0 aromatic heterocycles. The molecule has 0 bridgehead atoms. The molecule has 1 aliphatic rings. The van der Waals surface area contributed by atoms with E-state index >= 15 is 0 Å². The zero-order valence-corrected chi connectivity index (χ0v) is 4.31. The fourth-order valence-electron chi connectivity index (χ4n) is 0.276. The van der Waals surface area contributed by atoms with Crippen molar-refractivity contribution >= 4 is 8.58 Å². The first-order valence-corrected chi connectivity index (χ1v) is 3.03. The molecular formula is C3H6O2P. The van der Waals surface area contributed by atoms with E-state index < -0.39 is 0 Å². The summed E-state index contributed by atoms with van der Waals surface area (Å²) in [6.45, 7) is 0.451. The third-order valence-corrected chi connectivity index (χ3v) is 1.21. The summed E-state index contributed by atoms with van der Waals surface area (Å²) in [6, 6.07) is 0. The summed E-state index contributed by atoms with van der Waals surface area (Å²) >= 11 is 0. The normalized spacial score (nSPS) is 24.0. The molecule has 1 fully saturated rings. The predicted octanol–water partition coefficient (Wildman–Crippen LogP) is 0.746. The molecule has 0 spiro atoms. The van der Waals surface area contributed by atoms with Crippen LogP contribution in [0.2, 0.25) is 0 Å². The summed E-state index contributed by atoms with van der Waals surface area (Å²) in [7, 11) is 0.732. The Balaban J connectivity index is 2.00. The van der Waals surface area contributed by atoms with E-state index in [-0.39, 0.29) is 0 Å². The maximum atomic E-state index is 4.83. The van der Waals surface area contributed by atoms with E-state index in [0.29, 0.717) is 6.79 Å². The van der Waals surface area contributed by atoms with Crippen LogP contribution < -0.4 is 0 Å². The third kappa shape index (κ3) is 1.21. The van der Waals surface area contributed by atoms with Crippen LogP contribution in [0.15, 0.2) is 0 Å². The van der Waals surface area contributed by atoms with Crippen LogP contribution in [-0.2, 0) is 9.47 Å². The fourth-order valence-corrected chi connectivity index (χ4v) is 0.731. The second-order valence-corrected chi connectivity index (χ2v) is 1.89. The summed E-state index contributed by atoms with van der Waals surface area (Å²) in [5, 5.41) is 0. The van der Waals surface area contributed by atoms with Crippen LogP contribution in [-0.4, -0.2) is 13.1 Å². The van der Waals surface area contributed by atoms with Crippen molar-refractivity contribution in [3.05, 3.63) is 6.35 Å². The minimum absolute atomic E-state index is 0.451. The van der Waals surface area contributed by atoms with Crippen molar-refractivity contribution in [1.29, 1.82) is 0 Å². The lowest BCUT2D eigenvalue weighted by atomic mass is 11.3. The fraction of sp³-hybridized carbons (Fsp3) is 0.667. The molecule has 1 atom stereocenters. The zero-order valence-electron chi connectivity index (χ0n) is 3.31. The van der Waals surface area contributed by atoms with Crippen molar-refractivity contribution in [1.82, 2.24) is 0 Å². The first kappa shape index (κ1) is 4.51. The topological polar surface area (TPSA) is 18.5 Å². The Morgan fingerprint density at radius 3 is 2.83 bits per heavy atom. The summed E-state index contributed by atoms with van der Waals surface area (Å²) < 4.78 is 9.56. The molecule has 1 unspecified atom stereocenters. The van der Waals surface area contributed by atoms with Gasteiger partial charge in [0.2, 0.25) is 0 Å². The molecule has 0 amide bonds. The Labute approximate surface area is 38.6 Å². The molecule has 1 rings (SSSR count). The highest BCUT2D eigenvalue weighted by molar-refractivity contribution is 7.40. The number of rotatable bonds is 0. The van der Waals surface area contributed by atoms with Crippen molar-refractivity contribution in [2.75, 3.05) is 13.1 Å². The lowest BCUT2D eigenvalue weighted by molar-refractivity contribution is -0.00959. The van der Waals surface area contributed by atoms with Crippen LogP contribution in [0.1, 0.15) is 0 Å². The highest BCUT2D eigenvalue weighted by Crippen LogP contribution is 2.18. The van der Waals surface area contributed by atoms with Gasteiger partial charge in [0.1, 0.15) is 13.1 Å². The average molecular weight is 105 g/mol. The number of ether oxygens (including phenoxy) is 2. The number of hydrogen-bond donors (Lipinski definition) is 0. The monoisotopic (exact) mass is 105 g/mol. The minimum atomic E-state index is 0.451. The lowest BCUT2D eigenvalue weighted by Gasteiger charge is -2.08. The van der Waals surface area contributed by atoms with Crippen LogP contribution >= 0.6 is 8.58 Å². The molecule has 1 radical (unpaired) electrons. The van der Waals surface area contributed by atoms with Crippen LogP contribution in [0.5, 0.6) is 0 Å². The van der Waals surface area contributed by atoms with E-state index in [4.69, 9.17) is 9.47 Å². The predicted molar refractivity (Wildman–Crippen MR) is 24.5 cm³/mol. The van der Waals surface area contributed by atoms with Gasteiger partial charge in [0, 0.05) is 0 Å². The lowest BCUT2D eigenvalue weighted by Crippen LogP contribution is -2.00. The van der Waals surface area contributed by atoms with Crippen LogP contribution in [0.4, 0.5) is 0 Å². The molecule has 1 heterocycles. The standard InChI is InChI=1S/C3H6O2P/c1-4-2-6-3-5-1/h2,6H,1,3H2. The molecule has 0 aromatic rings. The second-order valence-electron chi connectivity index (χ2n) is 0.955. The van der Waals surface area contributed by atoms with Gasteiger partial charge >= 0.3 is 0 Å². The summed E-state index contributed by atoms with van der Waals surface area (Å²) in [4.78, 5) is 0. The second kappa shape index (κ2) is 2.51. The quantitative estimate of drug-likeness (QED) is 0.423. The van der Waals surface area contributed by atoms with E-state index in [1.54, 1.807) is 6.35 Å². The van der Waals surface area contributed by atoms with Crippen molar-refractivity contribution in [3.8, 4) is 0 Å². The highest BCUT2D eigenvalue weighted by atomic mass is 31.1. The Hall–Kier alpha value is 0.350. The van der Waals surface area contributed by atoms with Gasteiger partial charge in [0.05, 0.1) is 6.35 Å². The molecule has 6 heavy (non-hydrogen) atoms. The Morgan fingerprint density at radius 1 is 1.67 bits per heavy atom. The molecule has 0 aromatic carbocycles. The van der Waals surface area contributed by atoms with Gasteiger partial charge in [-0.3, -0.25) is 0 Å². The minimum Gasteiger partial charge on any atom is -0.351 e.